The number of nitrogens with one attached hydrogen (secondary N) is 1. The molecule has 0 amide bonds. The molecule has 0 saturated carbocycles. The zero-order valence-corrected chi connectivity index (χ0v) is 12.6. The van der Waals surface area contributed by atoms with Gasteiger partial charge >= 0.3 is 0 Å². The summed E-state index contributed by atoms with van der Waals surface area (Å²) >= 11 is 15.4. The first kappa shape index (κ1) is 13.5. The standard InChI is InChI=1S/C10H10BrCl2NO2S/c11-6-3-8(12)10(9(13)4-6)14-7-1-2-17(15,16)5-7/h3-4,7,14H,1-2,5H2. The summed E-state index contributed by atoms with van der Waals surface area (Å²) in [5.41, 5.74) is 0.596. The number of halogens is 3. The van der Waals surface area contributed by atoms with E-state index in [-0.39, 0.29) is 17.5 Å². The molecule has 0 radical (unpaired) electrons. The van der Waals surface area contributed by atoms with Crippen molar-refractivity contribution in [1.29, 1.82) is 0 Å². The molecule has 1 heterocycles. The van der Waals surface area contributed by atoms with Gasteiger partial charge in [-0.05, 0) is 18.6 Å². The predicted octanol–water partition coefficient (Wildman–Crippen LogP) is 3.35. The van der Waals surface area contributed by atoms with E-state index in [1.165, 1.54) is 0 Å². The van der Waals surface area contributed by atoms with E-state index in [2.05, 4.69) is 21.2 Å². The number of benzene rings is 1. The van der Waals surface area contributed by atoms with E-state index in [1.807, 2.05) is 0 Å². The van der Waals surface area contributed by atoms with Crippen LogP contribution in [0.5, 0.6) is 0 Å². The summed E-state index contributed by atoms with van der Waals surface area (Å²) in [6, 6.07) is 3.33. The highest BCUT2D eigenvalue weighted by Crippen LogP contribution is 2.35. The van der Waals surface area contributed by atoms with E-state index in [1.54, 1.807) is 12.1 Å². The Morgan fingerprint density at radius 1 is 1.29 bits per heavy atom. The minimum atomic E-state index is -2.91. The number of sulfone groups is 1. The lowest BCUT2D eigenvalue weighted by atomic mass is 10.2. The molecule has 1 aliphatic rings. The molecule has 1 fully saturated rings. The second-order valence-electron chi connectivity index (χ2n) is 3.99. The third kappa shape index (κ3) is 3.28. The maximum Gasteiger partial charge on any atom is 0.152 e. The van der Waals surface area contributed by atoms with Crippen molar-refractivity contribution in [1.82, 2.24) is 0 Å². The number of hydrogen-bond acceptors (Lipinski definition) is 3. The van der Waals surface area contributed by atoms with Crippen molar-refractivity contribution in [2.45, 2.75) is 12.5 Å². The first-order valence-corrected chi connectivity index (χ1v) is 8.36. The molecule has 0 aliphatic carbocycles. The summed E-state index contributed by atoms with van der Waals surface area (Å²) < 4.78 is 23.5. The topological polar surface area (TPSA) is 46.2 Å². The van der Waals surface area contributed by atoms with Crippen molar-refractivity contribution < 1.29 is 8.42 Å². The fourth-order valence-corrected chi connectivity index (χ4v) is 4.78. The molecule has 2 rings (SSSR count). The van der Waals surface area contributed by atoms with Gasteiger partial charge in [0.25, 0.3) is 0 Å². The Hall–Kier alpha value is 0.0300. The van der Waals surface area contributed by atoms with Gasteiger partial charge in [-0.25, -0.2) is 8.42 Å². The van der Waals surface area contributed by atoms with Crippen LogP contribution in [0.1, 0.15) is 6.42 Å². The van der Waals surface area contributed by atoms with Gasteiger partial charge < -0.3 is 5.32 Å². The highest BCUT2D eigenvalue weighted by molar-refractivity contribution is 9.10. The van der Waals surface area contributed by atoms with Crippen LogP contribution in [0.2, 0.25) is 10.0 Å². The molecule has 7 heteroatoms. The van der Waals surface area contributed by atoms with Crippen molar-refractivity contribution >= 4 is 54.7 Å². The van der Waals surface area contributed by atoms with Gasteiger partial charge in [-0.15, -0.1) is 0 Å². The van der Waals surface area contributed by atoms with Crippen LogP contribution in [0, 0.1) is 0 Å². The number of rotatable bonds is 2. The van der Waals surface area contributed by atoms with E-state index in [0.717, 1.165) is 4.47 Å². The van der Waals surface area contributed by atoms with E-state index >= 15 is 0 Å². The summed E-state index contributed by atoms with van der Waals surface area (Å²) in [6.45, 7) is 0. The molecule has 1 aliphatic heterocycles. The SMILES string of the molecule is O=S1(=O)CCC(Nc2c(Cl)cc(Br)cc2Cl)C1. The zero-order chi connectivity index (χ0) is 12.6. The molecule has 17 heavy (non-hydrogen) atoms. The Morgan fingerprint density at radius 2 is 1.88 bits per heavy atom. The molecule has 1 aromatic carbocycles. The first-order chi connectivity index (χ1) is 7.87. The Labute approximate surface area is 119 Å². The average molecular weight is 359 g/mol. The van der Waals surface area contributed by atoms with Gasteiger partial charge in [-0.1, -0.05) is 39.1 Å². The smallest absolute Gasteiger partial charge is 0.152 e. The van der Waals surface area contributed by atoms with Crippen LogP contribution in [0.3, 0.4) is 0 Å². The van der Waals surface area contributed by atoms with Gasteiger partial charge in [0.05, 0.1) is 27.2 Å². The lowest BCUT2D eigenvalue weighted by Crippen LogP contribution is -2.20. The van der Waals surface area contributed by atoms with Gasteiger partial charge in [0, 0.05) is 10.5 Å². The largest absolute Gasteiger partial charge is 0.379 e. The van der Waals surface area contributed by atoms with Gasteiger partial charge in [-0.3, -0.25) is 0 Å². The third-order valence-corrected chi connectivity index (χ3v) is 5.41. The Bertz CT molecular complexity index is 524. The minimum Gasteiger partial charge on any atom is -0.379 e. The molecule has 1 aromatic rings. The summed E-state index contributed by atoms with van der Waals surface area (Å²) in [6.07, 6.45) is 0.588. The molecule has 1 unspecified atom stereocenters. The summed E-state index contributed by atoms with van der Waals surface area (Å²) in [4.78, 5) is 0. The maximum atomic E-state index is 11.3. The fraction of sp³-hybridized carbons (Fsp3) is 0.400. The van der Waals surface area contributed by atoms with Crippen molar-refractivity contribution in [3.8, 4) is 0 Å². The van der Waals surface area contributed by atoms with Gasteiger partial charge in [-0.2, -0.15) is 0 Å². The second kappa shape index (κ2) is 4.96. The average Bonchev–Trinajstić information content (AvgIpc) is 2.52. The molecular weight excluding hydrogens is 349 g/mol. The lowest BCUT2D eigenvalue weighted by molar-refractivity contribution is 0.602. The summed E-state index contributed by atoms with van der Waals surface area (Å²) in [5.74, 6) is 0.353. The number of hydrogen-bond donors (Lipinski definition) is 1. The summed E-state index contributed by atoms with van der Waals surface area (Å²) in [7, 11) is -2.91. The molecule has 1 N–H and O–H groups in total. The normalized spacial score (nSPS) is 22.6. The minimum absolute atomic E-state index is 0.115. The van der Waals surface area contributed by atoms with Crippen LogP contribution in [0.25, 0.3) is 0 Å². The van der Waals surface area contributed by atoms with Crippen LogP contribution < -0.4 is 5.32 Å². The molecular formula is C10H10BrCl2NO2S. The summed E-state index contributed by atoms with van der Waals surface area (Å²) in [5, 5.41) is 4.06. The Morgan fingerprint density at radius 3 is 2.35 bits per heavy atom. The van der Waals surface area contributed by atoms with Crippen molar-refractivity contribution in [3.63, 3.8) is 0 Å². The van der Waals surface area contributed by atoms with E-state index in [9.17, 15) is 8.42 Å². The molecule has 0 bridgehead atoms. The van der Waals surface area contributed by atoms with Crippen molar-refractivity contribution in [2.75, 3.05) is 16.8 Å². The van der Waals surface area contributed by atoms with E-state index in [4.69, 9.17) is 23.2 Å². The third-order valence-electron chi connectivity index (χ3n) is 2.59. The molecule has 3 nitrogen and oxygen atoms in total. The maximum absolute atomic E-state index is 11.3. The van der Waals surface area contributed by atoms with Crippen LogP contribution >= 0.6 is 39.1 Å². The van der Waals surface area contributed by atoms with E-state index < -0.39 is 9.84 Å². The van der Waals surface area contributed by atoms with E-state index in [0.29, 0.717) is 22.2 Å². The number of anilines is 1. The second-order valence-corrected chi connectivity index (χ2v) is 7.95. The lowest BCUT2D eigenvalue weighted by Gasteiger charge is -2.15. The highest BCUT2D eigenvalue weighted by atomic mass is 79.9. The van der Waals surface area contributed by atoms with Gasteiger partial charge in [0.2, 0.25) is 0 Å². The monoisotopic (exact) mass is 357 g/mol. The van der Waals surface area contributed by atoms with Crippen molar-refractivity contribution in [2.24, 2.45) is 0 Å². The Balaban J connectivity index is 2.20. The van der Waals surface area contributed by atoms with Gasteiger partial charge in [0.15, 0.2) is 9.84 Å². The van der Waals surface area contributed by atoms with Crippen LogP contribution in [-0.4, -0.2) is 26.0 Å². The van der Waals surface area contributed by atoms with Crippen LogP contribution in [0.15, 0.2) is 16.6 Å². The molecule has 1 saturated heterocycles. The zero-order valence-electron chi connectivity index (χ0n) is 8.71. The van der Waals surface area contributed by atoms with Gasteiger partial charge in [0.1, 0.15) is 0 Å². The van der Waals surface area contributed by atoms with Crippen LogP contribution in [-0.2, 0) is 9.84 Å². The molecule has 1 atom stereocenters. The molecule has 0 aromatic heterocycles. The quantitative estimate of drug-likeness (QED) is 0.881. The predicted molar refractivity (Wildman–Crippen MR) is 74.8 cm³/mol. The highest BCUT2D eigenvalue weighted by Gasteiger charge is 2.28. The van der Waals surface area contributed by atoms with Crippen molar-refractivity contribution in [3.05, 3.63) is 26.7 Å². The Kier molecular flexibility index (Phi) is 3.92. The van der Waals surface area contributed by atoms with Crippen LogP contribution in [0.4, 0.5) is 5.69 Å². The first-order valence-electron chi connectivity index (χ1n) is 4.99. The fourth-order valence-electron chi connectivity index (χ4n) is 1.79. The molecule has 0 spiro atoms. The molecule has 94 valence electrons.